The van der Waals surface area contributed by atoms with E-state index in [0.29, 0.717) is 6.42 Å². The molecule has 1 aromatic carbocycles. The van der Waals surface area contributed by atoms with Gasteiger partial charge in [-0.05, 0) is 11.6 Å². The Hall–Kier alpha value is -2.43. The summed E-state index contributed by atoms with van der Waals surface area (Å²) >= 11 is 0. The SMILES string of the molecule is N=C=O.NC(Cc1c[nH]c2ccccc12)C(=O)O. The molecule has 0 spiro atoms. The van der Waals surface area contributed by atoms with Crippen molar-refractivity contribution in [3.8, 4) is 0 Å². The van der Waals surface area contributed by atoms with E-state index in [-0.39, 0.29) is 0 Å². The molecular weight excluding hydrogens is 234 g/mol. The Morgan fingerprint density at radius 2 is 2.11 bits per heavy atom. The van der Waals surface area contributed by atoms with E-state index in [9.17, 15) is 4.79 Å². The minimum absolute atomic E-state index is 0.347. The van der Waals surface area contributed by atoms with Crippen molar-refractivity contribution in [1.82, 2.24) is 4.98 Å². The van der Waals surface area contributed by atoms with Crippen LogP contribution in [0.25, 0.3) is 10.9 Å². The van der Waals surface area contributed by atoms with Crippen LogP contribution in [0.1, 0.15) is 5.56 Å². The quantitative estimate of drug-likeness (QED) is 0.478. The van der Waals surface area contributed by atoms with Crippen LogP contribution in [-0.4, -0.2) is 28.2 Å². The van der Waals surface area contributed by atoms with Crippen molar-refractivity contribution in [2.75, 3.05) is 0 Å². The first-order valence-electron chi connectivity index (χ1n) is 5.17. The molecule has 0 amide bonds. The van der Waals surface area contributed by atoms with Gasteiger partial charge in [0, 0.05) is 23.5 Å². The van der Waals surface area contributed by atoms with Crippen LogP contribution in [0.2, 0.25) is 0 Å². The number of carboxylic acids is 1. The van der Waals surface area contributed by atoms with Gasteiger partial charge in [-0.3, -0.25) is 4.79 Å². The lowest BCUT2D eigenvalue weighted by Crippen LogP contribution is -2.32. The van der Waals surface area contributed by atoms with E-state index in [1.165, 1.54) is 0 Å². The van der Waals surface area contributed by atoms with E-state index in [1.807, 2.05) is 30.5 Å². The van der Waals surface area contributed by atoms with E-state index in [1.54, 1.807) is 0 Å². The van der Waals surface area contributed by atoms with Gasteiger partial charge in [0.15, 0.2) is 0 Å². The predicted octanol–water partition coefficient (Wildman–Crippen LogP) is 1.02. The molecule has 1 atom stereocenters. The third-order valence-electron chi connectivity index (χ3n) is 2.43. The zero-order valence-corrected chi connectivity index (χ0v) is 9.51. The summed E-state index contributed by atoms with van der Waals surface area (Å²) < 4.78 is 0. The molecule has 5 N–H and O–H groups in total. The molecule has 1 heterocycles. The fourth-order valence-electron chi connectivity index (χ4n) is 1.62. The Morgan fingerprint density at radius 1 is 1.50 bits per heavy atom. The van der Waals surface area contributed by atoms with E-state index >= 15 is 0 Å². The zero-order chi connectivity index (χ0) is 13.5. The molecule has 0 aliphatic carbocycles. The van der Waals surface area contributed by atoms with Crippen molar-refractivity contribution in [2.24, 2.45) is 5.73 Å². The van der Waals surface area contributed by atoms with E-state index in [0.717, 1.165) is 22.5 Å². The number of nitrogens with two attached hydrogens (primary N) is 1. The lowest BCUT2D eigenvalue weighted by Gasteiger charge is -2.04. The van der Waals surface area contributed by atoms with Crippen LogP contribution in [0.3, 0.4) is 0 Å². The van der Waals surface area contributed by atoms with Gasteiger partial charge in [-0.25, -0.2) is 10.2 Å². The lowest BCUT2D eigenvalue weighted by atomic mass is 10.1. The molecule has 0 radical (unpaired) electrons. The minimum atomic E-state index is -0.972. The van der Waals surface area contributed by atoms with Crippen LogP contribution in [0.5, 0.6) is 0 Å². The summed E-state index contributed by atoms with van der Waals surface area (Å²) in [6.45, 7) is 0. The molecule has 0 fully saturated rings. The highest BCUT2D eigenvalue weighted by Crippen LogP contribution is 2.18. The Labute approximate surface area is 103 Å². The van der Waals surface area contributed by atoms with Crippen LogP contribution in [0.15, 0.2) is 30.5 Å². The van der Waals surface area contributed by atoms with E-state index in [4.69, 9.17) is 21.0 Å². The Bertz CT molecular complexity index is 571. The van der Waals surface area contributed by atoms with Gasteiger partial charge in [-0.15, -0.1) is 0 Å². The third-order valence-corrected chi connectivity index (χ3v) is 2.43. The number of fused-ring (bicyclic) bond motifs is 1. The smallest absolute Gasteiger partial charge is 0.320 e. The summed E-state index contributed by atoms with van der Waals surface area (Å²) in [4.78, 5) is 22.1. The molecule has 1 aromatic heterocycles. The van der Waals surface area contributed by atoms with Gasteiger partial charge in [0.25, 0.3) is 0 Å². The second-order valence-corrected chi connectivity index (χ2v) is 3.61. The number of benzene rings is 1. The fourth-order valence-corrected chi connectivity index (χ4v) is 1.62. The predicted molar refractivity (Wildman–Crippen MR) is 66.0 cm³/mol. The fraction of sp³-hybridized carbons (Fsp3) is 0.167. The first-order chi connectivity index (χ1) is 8.60. The van der Waals surface area contributed by atoms with Crippen LogP contribution in [0.4, 0.5) is 0 Å². The average Bonchev–Trinajstić information content (AvgIpc) is 2.74. The number of aromatic nitrogens is 1. The number of H-pyrrole nitrogens is 1. The van der Waals surface area contributed by atoms with Crippen molar-refractivity contribution in [1.29, 1.82) is 5.41 Å². The number of aromatic amines is 1. The maximum atomic E-state index is 10.6. The summed E-state index contributed by atoms with van der Waals surface area (Å²) in [6, 6.07) is 6.91. The van der Waals surface area contributed by atoms with E-state index < -0.39 is 12.0 Å². The minimum Gasteiger partial charge on any atom is -0.480 e. The van der Waals surface area contributed by atoms with Crippen LogP contribution < -0.4 is 5.73 Å². The maximum Gasteiger partial charge on any atom is 0.320 e. The number of nitrogens with one attached hydrogen (secondary N) is 2. The van der Waals surface area contributed by atoms with Crippen LogP contribution in [0, 0.1) is 5.41 Å². The maximum absolute atomic E-state index is 10.6. The molecule has 2 rings (SSSR count). The third kappa shape index (κ3) is 3.28. The van der Waals surface area contributed by atoms with E-state index in [2.05, 4.69) is 4.98 Å². The highest BCUT2D eigenvalue weighted by atomic mass is 16.4. The van der Waals surface area contributed by atoms with Crippen molar-refractivity contribution < 1.29 is 14.7 Å². The lowest BCUT2D eigenvalue weighted by molar-refractivity contribution is -0.138. The number of hydrogen-bond acceptors (Lipinski definition) is 4. The van der Waals surface area contributed by atoms with Crippen LogP contribution in [-0.2, 0) is 16.0 Å². The molecule has 94 valence electrons. The average molecular weight is 247 g/mol. The highest BCUT2D eigenvalue weighted by Gasteiger charge is 2.14. The molecule has 0 aliphatic heterocycles. The topological polar surface area (TPSA) is 120 Å². The summed E-state index contributed by atoms with van der Waals surface area (Å²) in [5.74, 6) is -0.972. The molecule has 2 aromatic rings. The first-order valence-corrected chi connectivity index (χ1v) is 5.17. The van der Waals surface area contributed by atoms with Crippen molar-refractivity contribution in [3.05, 3.63) is 36.0 Å². The Morgan fingerprint density at radius 3 is 2.72 bits per heavy atom. The number of para-hydroxylation sites is 1. The Kier molecular flexibility index (Phi) is 4.80. The standard InChI is InChI=1S/C11H12N2O2.CHNO/c12-9(11(14)15)5-7-6-13-10-4-2-1-3-8(7)10;2-1-3/h1-4,6,9,13H,5,12H2,(H,14,15);2H. The van der Waals surface area contributed by atoms with Crippen molar-refractivity contribution >= 4 is 23.0 Å². The molecule has 0 saturated heterocycles. The summed E-state index contributed by atoms with van der Waals surface area (Å²) in [6.07, 6.45) is 2.91. The number of aliphatic carboxylic acids is 1. The summed E-state index contributed by atoms with van der Waals surface area (Å²) in [5, 5.41) is 15.2. The van der Waals surface area contributed by atoms with Gasteiger partial charge >= 0.3 is 5.97 Å². The molecule has 6 nitrogen and oxygen atoms in total. The first kappa shape index (κ1) is 13.6. The number of carbonyl (C=O) groups is 1. The zero-order valence-electron chi connectivity index (χ0n) is 9.51. The molecule has 6 heteroatoms. The second-order valence-electron chi connectivity index (χ2n) is 3.61. The number of hydrogen-bond donors (Lipinski definition) is 4. The summed E-state index contributed by atoms with van der Waals surface area (Å²) in [5.41, 5.74) is 7.43. The van der Waals surface area contributed by atoms with Crippen LogP contribution >= 0.6 is 0 Å². The second kappa shape index (κ2) is 6.34. The van der Waals surface area contributed by atoms with Gasteiger partial charge in [0.1, 0.15) is 6.04 Å². The molecule has 0 bridgehead atoms. The monoisotopic (exact) mass is 247 g/mol. The van der Waals surface area contributed by atoms with Gasteiger partial charge in [0.2, 0.25) is 6.08 Å². The largest absolute Gasteiger partial charge is 0.480 e. The molecule has 0 aliphatic rings. The highest BCUT2D eigenvalue weighted by molar-refractivity contribution is 5.84. The van der Waals surface area contributed by atoms with Gasteiger partial charge in [-0.2, -0.15) is 0 Å². The number of isocyanates is 1. The molecular formula is C12H13N3O3. The normalized spacial score (nSPS) is 11.2. The van der Waals surface area contributed by atoms with Gasteiger partial charge in [-0.1, -0.05) is 18.2 Å². The molecule has 1 unspecified atom stereocenters. The summed E-state index contributed by atoms with van der Waals surface area (Å²) in [7, 11) is 0. The Balaban J connectivity index is 0.000000492. The molecule has 18 heavy (non-hydrogen) atoms. The molecule has 0 saturated carbocycles. The van der Waals surface area contributed by atoms with Gasteiger partial charge in [0.05, 0.1) is 0 Å². The van der Waals surface area contributed by atoms with Crippen molar-refractivity contribution in [2.45, 2.75) is 12.5 Å². The number of carbonyl (C=O) groups excluding carboxylic acids is 1. The number of rotatable bonds is 3. The van der Waals surface area contributed by atoms with Crippen molar-refractivity contribution in [3.63, 3.8) is 0 Å². The van der Waals surface area contributed by atoms with Gasteiger partial charge < -0.3 is 15.8 Å². The number of carboxylic acid groups (broad SMARTS) is 1.